The van der Waals surface area contributed by atoms with Crippen LogP contribution in [-0.2, 0) is 4.79 Å². The molecule has 0 aromatic heterocycles. The smallest absolute Gasteiger partial charge is 0.317 e. The number of carboxylic acid groups (broad SMARTS) is 1. The Morgan fingerprint density at radius 1 is 1.57 bits per heavy atom. The number of carboxylic acids is 1. The van der Waals surface area contributed by atoms with Gasteiger partial charge in [0.2, 0.25) is 0 Å². The number of carbonyl (C=O) groups is 1. The van der Waals surface area contributed by atoms with Crippen LogP contribution in [0.25, 0.3) is 0 Å². The van der Waals surface area contributed by atoms with Crippen molar-refractivity contribution in [3.63, 3.8) is 0 Å². The van der Waals surface area contributed by atoms with E-state index in [9.17, 15) is 4.79 Å². The van der Waals surface area contributed by atoms with Crippen LogP contribution < -0.4 is 5.32 Å². The van der Waals surface area contributed by atoms with Crippen molar-refractivity contribution in [2.75, 3.05) is 6.54 Å². The molecule has 14 heavy (non-hydrogen) atoms. The minimum absolute atomic E-state index is 0.0253. The van der Waals surface area contributed by atoms with Crippen LogP contribution in [0.2, 0.25) is 0 Å². The number of hydrogen-bond donors (Lipinski definition) is 2. The zero-order valence-electron chi connectivity index (χ0n) is 7.83. The van der Waals surface area contributed by atoms with Gasteiger partial charge in [0.15, 0.2) is 0 Å². The lowest BCUT2D eigenvalue weighted by atomic mass is 10.1. The molecule has 0 radical (unpaired) electrons. The average molecular weight is 258 g/mol. The first-order valence-corrected chi connectivity index (χ1v) is 5.10. The summed E-state index contributed by atoms with van der Waals surface area (Å²) >= 11 is 3.42. The molecule has 1 atom stereocenters. The summed E-state index contributed by atoms with van der Waals surface area (Å²) < 4.78 is 0.991. The molecule has 0 aliphatic rings. The topological polar surface area (TPSA) is 49.3 Å². The van der Waals surface area contributed by atoms with E-state index in [-0.39, 0.29) is 12.6 Å². The van der Waals surface area contributed by atoms with Crippen molar-refractivity contribution in [2.45, 2.75) is 13.0 Å². The summed E-state index contributed by atoms with van der Waals surface area (Å²) in [7, 11) is 0. The summed E-state index contributed by atoms with van der Waals surface area (Å²) in [6.45, 7) is 1.91. The van der Waals surface area contributed by atoms with Crippen LogP contribution in [-0.4, -0.2) is 17.6 Å². The second-order valence-electron chi connectivity index (χ2n) is 3.02. The molecule has 3 nitrogen and oxygen atoms in total. The second-order valence-corrected chi connectivity index (χ2v) is 3.87. The normalized spacial score (nSPS) is 12.4. The highest BCUT2D eigenvalue weighted by Crippen LogP contribution is 2.22. The first-order chi connectivity index (χ1) is 6.61. The molecule has 0 saturated heterocycles. The number of nitrogens with one attached hydrogen (secondary N) is 1. The summed E-state index contributed by atoms with van der Waals surface area (Å²) in [5.41, 5.74) is 1.06. The molecule has 0 saturated carbocycles. The van der Waals surface area contributed by atoms with Gasteiger partial charge in [-0.15, -0.1) is 0 Å². The van der Waals surface area contributed by atoms with E-state index in [1.54, 1.807) is 0 Å². The van der Waals surface area contributed by atoms with Crippen LogP contribution in [0.5, 0.6) is 0 Å². The van der Waals surface area contributed by atoms with Crippen LogP contribution >= 0.6 is 15.9 Å². The molecule has 1 aromatic rings. The minimum Gasteiger partial charge on any atom is -0.480 e. The summed E-state index contributed by atoms with van der Waals surface area (Å²) in [5, 5.41) is 11.4. The third-order valence-electron chi connectivity index (χ3n) is 1.93. The SMILES string of the molecule is C[C@@H](NCC(=O)O)c1ccccc1Br. The van der Waals surface area contributed by atoms with Gasteiger partial charge >= 0.3 is 5.97 Å². The van der Waals surface area contributed by atoms with Gasteiger partial charge in [-0.2, -0.15) is 0 Å². The Hall–Kier alpha value is -0.870. The van der Waals surface area contributed by atoms with E-state index in [0.29, 0.717) is 0 Å². The molecular formula is C10H12BrNO2. The first kappa shape index (κ1) is 11.2. The Labute approximate surface area is 91.3 Å². The molecule has 0 amide bonds. The van der Waals surface area contributed by atoms with E-state index in [1.165, 1.54) is 0 Å². The van der Waals surface area contributed by atoms with Crippen molar-refractivity contribution in [2.24, 2.45) is 0 Å². The van der Waals surface area contributed by atoms with Gasteiger partial charge in [0, 0.05) is 10.5 Å². The van der Waals surface area contributed by atoms with E-state index < -0.39 is 5.97 Å². The van der Waals surface area contributed by atoms with Crippen molar-refractivity contribution in [3.05, 3.63) is 34.3 Å². The van der Waals surface area contributed by atoms with Crippen molar-refractivity contribution in [3.8, 4) is 0 Å². The van der Waals surface area contributed by atoms with Crippen LogP contribution in [0.4, 0.5) is 0 Å². The van der Waals surface area contributed by atoms with E-state index in [4.69, 9.17) is 5.11 Å². The van der Waals surface area contributed by atoms with E-state index in [2.05, 4.69) is 21.2 Å². The molecule has 4 heteroatoms. The predicted molar refractivity (Wildman–Crippen MR) is 58.2 cm³/mol. The second kappa shape index (κ2) is 5.12. The molecule has 0 heterocycles. The Balaban J connectivity index is 2.65. The van der Waals surface area contributed by atoms with Crippen LogP contribution in [0.15, 0.2) is 28.7 Å². The molecule has 2 N–H and O–H groups in total. The maximum atomic E-state index is 10.3. The standard InChI is InChI=1S/C10H12BrNO2/c1-7(12-6-10(13)14)8-4-2-3-5-9(8)11/h2-5,7,12H,6H2,1H3,(H,13,14)/t7-/m1/s1. The fourth-order valence-electron chi connectivity index (χ4n) is 1.18. The van der Waals surface area contributed by atoms with Gasteiger partial charge in [0.1, 0.15) is 0 Å². The lowest BCUT2D eigenvalue weighted by molar-refractivity contribution is -0.136. The molecule has 1 aromatic carbocycles. The Bertz CT molecular complexity index is 328. The van der Waals surface area contributed by atoms with Gasteiger partial charge in [0.05, 0.1) is 6.54 Å². The molecule has 0 aliphatic heterocycles. The predicted octanol–water partition coefficient (Wildman–Crippen LogP) is 2.18. The van der Waals surface area contributed by atoms with Crippen molar-refractivity contribution >= 4 is 21.9 Å². The third kappa shape index (κ3) is 3.12. The van der Waals surface area contributed by atoms with Gasteiger partial charge in [-0.1, -0.05) is 34.1 Å². The van der Waals surface area contributed by atoms with Crippen LogP contribution in [0, 0.1) is 0 Å². The molecular weight excluding hydrogens is 246 g/mol. The van der Waals surface area contributed by atoms with Gasteiger partial charge in [-0.05, 0) is 18.6 Å². The van der Waals surface area contributed by atoms with Gasteiger partial charge in [-0.25, -0.2) is 0 Å². The average Bonchev–Trinajstić information content (AvgIpc) is 2.15. The number of hydrogen-bond acceptors (Lipinski definition) is 2. The van der Waals surface area contributed by atoms with Gasteiger partial charge in [0.25, 0.3) is 0 Å². The summed E-state index contributed by atoms with van der Waals surface area (Å²) in [6.07, 6.45) is 0. The van der Waals surface area contributed by atoms with E-state index in [0.717, 1.165) is 10.0 Å². The molecule has 0 fully saturated rings. The van der Waals surface area contributed by atoms with E-state index in [1.807, 2.05) is 31.2 Å². The van der Waals surface area contributed by atoms with Crippen molar-refractivity contribution in [1.82, 2.24) is 5.32 Å². The zero-order valence-corrected chi connectivity index (χ0v) is 9.41. The number of halogens is 1. The number of aliphatic carboxylic acids is 1. The Morgan fingerprint density at radius 2 is 2.21 bits per heavy atom. The number of benzene rings is 1. The van der Waals surface area contributed by atoms with Crippen molar-refractivity contribution in [1.29, 1.82) is 0 Å². The quantitative estimate of drug-likeness (QED) is 0.870. The summed E-state index contributed by atoms with van der Waals surface area (Å²) in [4.78, 5) is 10.3. The number of rotatable bonds is 4. The highest BCUT2D eigenvalue weighted by Gasteiger charge is 2.08. The van der Waals surface area contributed by atoms with Crippen molar-refractivity contribution < 1.29 is 9.90 Å². The minimum atomic E-state index is -0.844. The molecule has 0 bridgehead atoms. The zero-order chi connectivity index (χ0) is 10.6. The fraction of sp³-hybridized carbons (Fsp3) is 0.300. The monoisotopic (exact) mass is 257 g/mol. The summed E-state index contributed by atoms with van der Waals surface area (Å²) in [6, 6.07) is 7.79. The molecule has 76 valence electrons. The molecule has 0 aliphatic carbocycles. The third-order valence-corrected chi connectivity index (χ3v) is 2.65. The molecule has 1 rings (SSSR count). The molecule has 0 unspecified atom stereocenters. The van der Waals surface area contributed by atoms with Crippen LogP contribution in [0.1, 0.15) is 18.5 Å². The fourth-order valence-corrected chi connectivity index (χ4v) is 1.80. The van der Waals surface area contributed by atoms with Gasteiger partial charge in [-0.3, -0.25) is 4.79 Å². The highest BCUT2D eigenvalue weighted by atomic mass is 79.9. The maximum absolute atomic E-state index is 10.3. The van der Waals surface area contributed by atoms with Crippen LogP contribution in [0.3, 0.4) is 0 Å². The lowest BCUT2D eigenvalue weighted by Crippen LogP contribution is -2.25. The summed E-state index contributed by atoms with van der Waals surface area (Å²) in [5.74, 6) is -0.844. The Kier molecular flexibility index (Phi) is 4.10. The Morgan fingerprint density at radius 3 is 2.79 bits per heavy atom. The first-order valence-electron chi connectivity index (χ1n) is 4.31. The molecule has 0 spiro atoms. The van der Waals surface area contributed by atoms with E-state index >= 15 is 0 Å². The lowest BCUT2D eigenvalue weighted by Gasteiger charge is -2.13. The van der Waals surface area contributed by atoms with Gasteiger partial charge < -0.3 is 10.4 Å². The highest BCUT2D eigenvalue weighted by molar-refractivity contribution is 9.10. The largest absolute Gasteiger partial charge is 0.480 e. The maximum Gasteiger partial charge on any atom is 0.317 e.